The zero-order chi connectivity index (χ0) is 43.5. The van der Waals surface area contributed by atoms with Crippen molar-refractivity contribution in [2.75, 3.05) is 47.1 Å². The van der Waals surface area contributed by atoms with Gasteiger partial charge in [-0.3, -0.25) is 19.3 Å². The Morgan fingerprint density at radius 1 is 1.05 bits per heavy atom. The van der Waals surface area contributed by atoms with Gasteiger partial charge in [0.2, 0.25) is 0 Å². The highest BCUT2D eigenvalue weighted by atomic mass is 16.6. The van der Waals surface area contributed by atoms with Crippen molar-refractivity contribution in [1.29, 1.82) is 0 Å². The first-order valence-corrected chi connectivity index (χ1v) is 20.4. The van der Waals surface area contributed by atoms with Gasteiger partial charge in [0, 0.05) is 61.8 Å². The maximum atomic E-state index is 13.7. The van der Waals surface area contributed by atoms with Crippen LogP contribution in [0.2, 0.25) is 0 Å². The summed E-state index contributed by atoms with van der Waals surface area (Å²) in [6.07, 6.45) is 6.77. The van der Waals surface area contributed by atoms with Gasteiger partial charge in [-0.2, -0.15) is 0 Å². The summed E-state index contributed by atoms with van der Waals surface area (Å²) in [4.78, 5) is 53.1. The molecular formula is C43H76N6O8. The Morgan fingerprint density at radius 3 is 2.23 bits per heavy atom. The molecule has 326 valence electrons. The number of rotatable bonds is 25. The van der Waals surface area contributed by atoms with Crippen LogP contribution in [0.4, 0.5) is 5.69 Å². The molecule has 14 nitrogen and oxygen atoms in total. The number of ketones is 2. The van der Waals surface area contributed by atoms with Gasteiger partial charge in [-0.25, -0.2) is 5.84 Å². The van der Waals surface area contributed by atoms with Crippen molar-refractivity contribution in [2.45, 2.75) is 136 Å². The molecule has 0 saturated carbocycles. The molecule has 1 heterocycles. The van der Waals surface area contributed by atoms with Gasteiger partial charge in [0.1, 0.15) is 17.9 Å². The normalized spacial score (nSPS) is 21.5. The molecule has 2 rings (SSSR count). The average molecular weight is 805 g/mol. The maximum Gasteiger partial charge on any atom is 0.293 e. The predicted octanol–water partition coefficient (Wildman–Crippen LogP) is 4.62. The van der Waals surface area contributed by atoms with E-state index in [0.717, 1.165) is 31.2 Å². The van der Waals surface area contributed by atoms with Gasteiger partial charge in [-0.1, -0.05) is 39.8 Å². The molecule has 0 spiro atoms. The van der Waals surface area contributed by atoms with Crippen LogP contribution in [0.3, 0.4) is 0 Å². The minimum atomic E-state index is -1.08. The second-order valence-electron chi connectivity index (χ2n) is 16.5. The minimum absolute atomic E-state index is 0.0471. The van der Waals surface area contributed by atoms with Crippen LogP contribution in [-0.2, 0) is 33.4 Å². The predicted molar refractivity (Wildman–Crippen MR) is 226 cm³/mol. The lowest BCUT2D eigenvalue weighted by Crippen LogP contribution is -2.59. The molecule has 1 aromatic carbocycles. The first kappa shape index (κ1) is 51.6. The Bertz CT molecular complexity index is 1380. The van der Waals surface area contributed by atoms with E-state index in [1.807, 2.05) is 74.8 Å². The molecule has 10 atom stereocenters. The number of aldehydes is 1. The van der Waals surface area contributed by atoms with E-state index < -0.39 is 30.0 Å². The lowest BCUT2D eigenvalue weighted by atomic mass is 9.80. The van der Waals surface area contributed by atoms with E-state index in [0.29, 0.717) is 62.5 Å². The maximum absolute atomic E-state index is 13.7. The van der Waals surface area contributed by atoms with Gasteiger partial charge in [-0.05, 0) is 105 Å². The van der Waals surface area contributed by atoms with Gasteiger partial charge < -0.3 is 45.5 Å². The van der Waals surface area contributed by atoms with E-state index in [9.17, 15) is 24.3 Å². The number of hydrazine groups is 1. The van der Waals surface area contributed by atoms with Crippen molar-refractivity contribution in [2.24, 2.45) is 35.2 Å². The lowest BCUT2D eigenvalue weighted by molar-refractivity contribution is -0.175. The van der Waals surface area contributed by atoms with Gasteiger partial charge >= 0.3 is 0 Å². The quantitative estimate of drug-likeness (QED) is 0.0266. The highest BCUT2D eigenvalue weighted by molar-refractivity contribution is 5.94. The van der Waals surface area contributed by atoms with Crippen LogP contribution >= 0.6 is 0 Å². The molecule has 57 heavy (non-hydrogen) atoms. The molecule has 0 aromatic heterocycles. The monoisotopic (exact) mass is 805 g/mol. The molecule has 7 N–H and O–H groups in total. The first-order valence-electron chi connectivity index (χ1n) is 20.4. The average Bonchev–Trinajstić information content (AvgIpc) is 3.14. The number of methoxy groups -OCH3 is 1. The fourth-order valence-corrected chi connectivity index (χ4v) is 7.89. The molecule has 14 heteroatoms. The second kappa shape index (κ2) is 25.9. The van der Waals surface area contributed by atoms with E-state index in [-0.39, 0.29) is 41.8 Å². The van der Waals surface area contributed by atoms with Gasteiger partial charge in [0.05, 0.1) is 29.9 Å². The van der Waals surface area contributed by atoms with Crippen LogP contribution in [0.5, 0.6) is 0 Å². The third kappa shape index (κ3) is 17.6. The summed E-state index contributed by atoms with van der Waals surface area (Å²) in [7, 11) is 7.58. The number of unbranched alkanes of at least 4 members (excludes halogenated alkanes) is 1. The number of Topliss-reactive ketones (excluding diaryl/α,β-unsaturated/α-hetero) is 2. The Labute approximate surface area is 342 Å². The van der Waals surface area contributed by atoms with Gasteiger partial charge in [-0.15, -0.1) is 0 Å². The topological polar surface area (TPSA) is 204 Å². The molecule has 1 aliphatic heterocycles. The molecule has 0 radical (unpaired) electrons. The molecule has 1 aromatic rings. The van der Waals surface area contributed by atoms with Crippen LogP contribution in [0.15, 0.2) is 30.5 Å². The number of nitrogen functional groups attached to an aromatic ring is 1. The molecule has 0 aliphatic carbocycles. The molecule has 0 amide bonds. The first-order chi connectivity index (χ1) is 26.7. The summed E-state index contributed by atoms with van der Waals surface area (Å²) in [5.41, 5.74) is 12.9. The van der Waals surface area contributed by atoms with Crippen LogP contribution < -0.4 is 17.3 Å². The number of aliphatic hydroxyl groups is 1. The van der Waals surface area contributed by atoms with E-state index in [1.54, 1.807) is 37.4 Å². The summed E-state index contributed by atoms with van der Waals surface area (Å²) in [6, 6.07) is 7.30. The number of benzene rings is 1. The van der Waals surface area contributed by atoms with Crippen molar-refractivity contribution >= 4 is 35.7 Å². The van der Waals surface area contributed by atoms with Crippen LogP contribution in [0, 0.1) is 23.7 Å². The van der Waals surface area contributed by atoms with E-state index in [1.165, 1.54) is 0 Å². The number of nitrogens with zero attached hydrogens (tertiary/aromatic N) is 3. The van der Waals surface area contributed by atoms with Crippen LogP contribution in [0.1, 0.15) is 105 Å². The Hall–Kier alpha value is -3.40. The summed E-state index contributed by atoms with van der Waals surface area (Å²) >= 11 is 0. The van der Waals surface area contributed by atoms with E-state index >= 15 is 0 Å². The lowest BCUT2D eigenvalue weighted by Gasteiger charge is -2.45. The van der Waals surface area contributed by atoms with Crippen molar-refractivity contribution in [3.05, 3.63) is 36.0 Å². The van der Waals surface area contributed by atoms with E-state index in [4.69, 9.17) is 31.5 Å². The van der Waals surface area contributed by atoms with Gasteiger partial charge in [0.15, 0.2) is 11.9 Å². The largest absolute Gasteiger partial charge is 0.457 e. The molecular weight excluding hydrogens is 729 g/mol. The third-order valence-electron chi connectivity index (χ3n) is 11.3. The molecule has 1 aliphatic rings. The van der Waals surface area contributed by atoms with Crippen LogP contribution in [0.25, 0.3) is 5.70 Å². The number of nitrogens with two attached hydrogens (primary N) is 3. The number of aliphatic hydroxyl groups excluding tert-OH is 1. The summed E-state index contributed by atoms with van der Waals surface area (Å²) in [6.45, 7) is 14.8. The highest BCUT2D eigenvalue weighted by Crippen LogP contribution is 2.32. The fourth-order valence-electron chi connectivity index (χ4n) is 7.89. The number of hydrogen-bond donors (Lipinski definition) is 4. The third-order valence-corrected chi connectivity index (χ3v) is 11.3. The summed E-state index contributed by atoms with van der Waals surface area (Å²) in [5, 5.41) is 10.8. The van der Waals surface area contributed by atoms with Crippen LogP contribution in [-0.4, -0.2) is 122 Å². The summed E-state index contributed by atoms with van der Waals surface area (Å²) < 4.78 is 16.7. The number of anilines is 1. The number of ether oxygens (including phenoxy) is 3. The zero-order valence-corrected chi connectivity index (χ0v) is 36.7. The number of likely N-dealkylation sites (N-methyl/N-ethyl adjacent to an activating group) is 1. The molecule has 1 saturated heterocycles. The Morgan fingerprint density at radius 2 is 1.68 bits per heavy atom. The number of carbonyl (C=O) groups is 4. The summed E-state index contributed by atoms with van der Waals surface area (Å²) in [5.74, 6) is 5.11. The molecule has 8 unspecified atom stereocenters. The molecule has 1 fully saturated rings. The van der Waals surface area contributed by atoms with E-state index in [2.05, 4.69) is 9.80 Å². The van der Waals surface area contributed by atoms with Gasteiger partial charge in [0.25, 0.3) is 6.47 Å². The Balaban J connectivity index is 0.00000126. The van der Waals surface area contributed by atoms with Crippen molar-refractivity contribution < 1.29 is 38.5 Å². The number of hydrogen-bond acceptors (Lipinski definition) is 14. The zero-order valence-electron chi connectivity index (χ0n) is 36.7. The smallest absolute Gasteiger partial charge is 0.293 e. The minimum Gasteiger partial charge on any atom is -0.457 e. The Kier molecular flexibility index (Phi) is 23.4. The fraction of sp³-hybridized carbons (Fsp3) is 0.721. The standard InChI is InChI=1S/C35H59N5O6.C8H17NO2/c1-9-33(45-8)35(6,46-23-42)32(20-31(43)25(3)17-24(2)18-26(4)34(44)27(5)22-41)39(7)15-10-11-16-40(38)21-30(37)28-13-12-14-29(36)19-28;1-6-4-7(9(2)3)5-8(10)11-6/h12-14,19,21-27,32-33H,9-11,15-18,20,36-38H2,1-8H3;6-8,10H,4-5H2,1-3H3/b30-21-;/t24?,25-,26?,27?,32?,33?,35+;/m1./s1. The SMILES string of the molecule is CC1CC(N(C)C)CC(O)O1.CCC(OC)[C@@](C)(OC=O)C(CC(=O)[C@H](C)CC(C)CC(C)C(=O)C(C)C=O)N(C)CCCCN(N)/C=C(\N)c1cccc(N)c1. The number of carbonyl (C=O) groups excluding carboxylic acids is 4. The van der Waals surface area contributed by atoms with Crippen molar-refractivity contribution in [3.63, 3.8) is 0 Å². The van der Waals surface area contributed by atoms with Crippen molar-refractivity contribution in [3.8, 4) is 0 Å². The highest BCUT2D eigenvalue weighted by Gasteiger charge is 2.46. The molecule has 0 bridgehead atoms. The second-order valence-corrected chi connectivity index (χ2v) is 16.5. The van der Waals surface area contributed by atoms with Crippen molar-refractivity contribution in [1.82, 2.24) is 14.8 Å².